The van der Waals surface area contributed by atoms with Gasteiger partial charge in [-0.25, -0.2) is 0 Å². The molecule has 0 radical (unpaired) electrons. The molecule has 4 nitrogen and oxygen atoms in total. The summed E-state index contributed by atoms with van der Waals surface area (Å²) >= 11 is 6.09. The molecule has 0 aliphatic carbocycles. The van der Waals surface area contributed by atoms with Crippen LogP contribution in [0, 0.1) is 6.92 Å². The normalized spacial score (nSPS) is 16.2. The lowest BCUT2D eigenvalue weighted by Gasteiger charge is -2.24. The molecule has 5 heteroatoms. The number of benzene rings is 1. The van der Waals surface area contributed by atoms with E-state index in [1.54, 1.807) is 13.2 Å². The summed E-state index contributed by atoms with van der Waals surface area (Å²) in [6, 6.07) is 3.77. The van der Waals surface area contributed by atoms with E-state index < -0.39 is 0 Å². The van der Waals surface area contributed by atoms with Gasteiger partial charge in [-0.05, 0) is 25.0 Å². The lowest BCUT2D eigenvalue weighted by atomic mass is 10.2. The molecule has 0 aromatic heterocycles. The maximum atomic E-state index is 11.6. The highest BCUT2D eigenvalue weighted by Gasteiger charge is 2.19. The second-order valence-electron chi connectivity index (χ2n) is 4.40. The van der Waals surface area contributed by atoms with Gasteiger partial charge in [-0.3, -0.25) is 4.79 Å². The lowest BCUT2D eigenvalue weighted by Crippen LogP contribution is -2.33. The van der Waals surface area contributed by atoms with Gasteiger partial charge in [0.25, 0.3) is 0 Å². The number of carbonyl (C=O) groups is 1. The molecule has 1 N–H and O–H groups in total. The first-order valence-corrected chi connectivity index (χ1v) is 6.35. The second kappa shape index (κ2) is 5.48. The predicted octanol–water partition coefficient (Wildman–Crippen LogP) is 1.98. The molecule has 1 aliphatic heterocycles. The Morgan fingerprint density at radius 1 is 1.44 bits per heavy atom. The number of aryl methyl sites for hydroxylation is 1. The van der Waals surface area contributed by atoms with Gasteiger partial charge in [-0.1, -0.05) is 11.6 Å². The van der Waals surface area contributed by atoms with Crippen molar-refractivity contribution in [3.8, 4) is 5.75 Å². The van der Waals surface area contributed by atoms with Crippen LogP contribution in [0.4, 0.5) is 5.69 Å². The van der Waals surface area contributed by atoms with Gasteiger partial charge in [-0.15, -0.1) is 0 Å². The summed E-state index contributed by atoms with van der Waals surface area (Å²) in [5.41, 5.74) is 1.91. The number of ether oxygens (including phenoxy) is 1. The summed E-state index contributed by atoms with van der Waals surface area (Å²) in [5.74, 6) is 0.752. The van der Waals surface area contributed by atoms with Gasteiger partial charge < -0.3 is 15.0 Å². The number of rotatable bonds is 2. The van der Waals surface area contributed by atoms with Crippen LogP contribution in [0.5, 0.6) is 5.75 Å². The molecular weight excluding hydrogens is 252 g/mol. The average molecular weight is 269 g/mol. The molecule has 1 aromatic carbocycles. The first kappa shape index (κ1) is 13.0. The zero-order valence-electron chi connectivity index (χ0n) is 10.6. The Kier molecular flexibility index (Phi) is 3.97. The van der Waals surface area contributed by atoms with Crippen LogP contribution in [0.25, 0.3) is 0 Å². The minimum atomic E-state index is 0.0437. The van der Waals surface area contributed by atoms with Crippen LogP contribution in [-0.2, 0) is 4.79 Å². The van der Waals surface area contributed by atoms with E-state index in [2.05, 4.69) is 5.32 Å². The Morgan fingerprint density at radius 3 is 2.94 bits per heavy atom. The van der Waals surface area contributed by atoms with Gasteiger partial charge in [0.05, 0.1) is 19.3 Å². The third-order valence-electron chi connectivity index (χ3n) is 3.06. The van der Waals surface area contributed by atoms with E-state index in [0.717, 1.165) is 30.8 Å². The smallest absolute Gasteiger partial charge is 0.239 e. The third kappa shape index (κ3) is 2.70. The fraction of sp³-hybridized carbons (Fsp3) is 0.462. The number of nitrogens with zero attached hydrogens (tertiary/aromatic N) is 1. The standard InChI is InChI=1S/C13H17ClN2O2/c1-9-6-11(12(18-2)7-10(9)14)16-5-3-4-15-13(17)8-16/h6-7H,3-5,8H2,1-2H3,(H,15,17). The molecule has 2 rings (SSSR count). The average Bonchev–Trinajstić information content (AvgIpc) is 2.56. The van der Waals surface area contributed by atoms with Crippen molar-refractivity contribution in [2.45, 2.75) is 13.3 Å². The zero-order chi connectivity index (χ0) is 13.1. The number of nitrogens with one attached hydrogen (secondary N) is 1. The number of anilines is 1. The van der Waals surface area contributed by atoms with E-state index in [9.17, 15) is 4.79 Å². The van der Waals surface area contributed by atoms with Crippen LogP contribution in [0.3, 0.4) is 0 Å². The highest BCUT2D eigenvalue weighted by atomic mass is 35.5. The number of hydrogen-bond acceptors (Lipinski definition) is 3. The number of hydrogen-bond donors (Lipinski definition) is 1. The molecule has 1 aliphatic rings. The third-order valence-corrected chi connectivity index (χ3v) is 3.47. The molecule has 0 unspecified atom stereocenters. The molecule has 0 bridgehead atoms. The van der Waals surface area contributed by atoms with Crippen molar-refractivity contribution in [3.05, 3.63) is 22.7 Å². The fourth-order valence-electron chi connectivity index (χ4n) is 2.07. The Morgan fingerprint density at radius 2 is 2.22 bits per heavy atom. The summed E-state index contributed by atoms with van der Waals surface area (Å²) in [5, 5.41) is 3.54. The monoisotopic (exact) mass is 268 g/mol. The van der Waals surface area contributed by atoms with E-state index >= 15 is 0 Å². The first-order chi connectivity index (χ1) is 8.61. The van der Waals surface area contributed by atoms with Crippen molar-refractivity contribution in [1.29, 1.82) is 0 Å². The molecule has 1 saturated heterocycles. The second-order valence-corrected chi connectivity index (χ2v) is 4.81. The maximum Gasteiger partial charge on any atom is 0.239 e. The van der Waals surface area contributed by atoms with Crippen molar-refractivity contribution in [2.75, 3.05) is 31.6 Å². The van der Waals surface area contributed by atoms with E-state index in [1.165, 1.54) is 0 Å². The molecular formula is C13H17ClN2O2. The molecule has 1 fully saturated rings. The van der Waals surface area contributed by atoms with Gasteiger partial charge in [-0.2, -0.15) is 0 Å². The van der Waals surface area contributed by atoms with Gasteiger partial charge in [0.1, 0.15) is 5.75 Å². The number of methoxy groups -OCH3 is 1. The molecule has 1 aromatic rings. The fourth-order valence-corrected chi connectivity index (χ4v) is 2.22. The Labute approximate surface area is 112 Å². The van der Waals surface area contributed by atoms with Gasteiger partial charge in [0, 0.05) is 24.2 Å². The maximum absolute atomic E-state index is 11.6. The van der Waals surface area contributed by atoms with Gasteiger partial charge in [0.2, 0.25) is 5.91 Å². The number of amides is 1. The number of halogens is 1. The van der Waals surface area contributed by atoms with Crippen LogP contribution in [0.1, 0.15) is 12.0 Å². The molecule has 0 saturated carbocycles. The lowest BCUT2D eigenvalue weighted by molar-refractivity contribution is -0.119. The topological polar surface area (TPSA) is 41.6 Å². The van der Waals surface area contributed by atoms with Gasteiger partial charge >= 0.3 is 0 Å². The van der Waals surface area contributed by atoms with E-state index in [4.69, 9.17) is 16.3 Å². The molecule has 1 heterocycles. The summed E-state index contributed by atoms with van der Waals surface area (Å²) < 4.78 is 5.35. The largest absolute Gasteiger partial charge is 0.495 e. The SMILES string of the molecule is COc1cc(Cl)c(C)cc1N1CCCNC(=O)C1. The van der Waals surface area contributed by atoms with Crippen LogP contribution < -0.4 is 15.0 Å². The summed E-state index contributed by atoms with van der Waals surface area (Å²) in [7, 11) is 1.61. The first-order valence-electron chi connectivity index (χ1n) is 5.97. The molecule has 0 atom stereocenters. The van der Waals surface area contributed by atoms with Crippen molar-refractivity contribution in [2.24, 2.45) is 0 Å². The summed E-state index contributed by atoms with van der Waals surface area (Å²) in [6.07, 6.45) is 0.927. The van der Waals surface area contributed by atoms with E-state index in [-0.39, 0.29) is 5.91 Å². The van der Waals surface area contributed by atoms with Crippen LogP contribution in [0.2, 0.25) is 5.02 Å². The molecule has 18 heavy (non-hydrogen) atoms. The molecule has 1 amide bonds. The Balaban J connectivity index is 2.36. The Hall–Kier alpha value is -1.42. The van der Waals surface area contributed by atoms with Crippen LogP contribution in [-0.4, -0.2) is 32.7 Å². The van der Waals surface area contributed by atoms with E-state index in [1.807, 2.05) is 17.9 Å². The minimum absolute atomic E-state index is 0.0437. The van der Waals surface area contributed by atoms with Gasteiger partial charge in [0.15, 0.2) is 0 Å². The zero-order valence-corrected chi connectivity index (χ0v) is 11.4. The highest BCUT2D eigenvalue weighted by molar-refractivity contribution is 6.31. The summed E-state index contributed by atoms with van der Waals surface area (Å²) in [4.78, 5) is 13.6. The predicted molar refractivity (Wildman–Crippen MR) is 72.6 cm³/mol. The van der Waals surface area contributed by atoms with Crippen molar-refractivity contribution in [3.63, 3.8) is 0 Å². The Bertz CT molecular complexity index is 463. The molecule has 0 spiro atoms. The molecule has 98 valence electrons. The minimum Gasteiger partial charge on any atom is -0.495 e. The van der Waals surface area contributed by atoms with Crippen molar-refractivity contribution in [1.82, 2.24) is 5.32 Å². The van der Waals surface area contributed by atoms with Crippen LogP contribution >= 0.6 is 11.6 Å². The quantitative estimate of drug-likeness (QED) is 0.892. The van der Waals surface area contributed by atoms with Crippen LogP contribution in [0.15, 0.2) is 12.1 Å². The highest BCUT2D eigenvalue weighted by Crippen LogP contribution is 2.34. The van der Waals surface area contributed by atoms with Crippen molar-refractivity contribution >= 4 is 23.2 Å². The van der Waals surface area contributed by atoms with E-state index in [0.29, 0.717) is 17.3 Å². The number of carbonyl (C=O) groups excluding carboxylic acids is 1. The van der Waals surface area contributed by atoms with Crippen molar-refractivity contribution < 1.29 is 9.53 Å². The summed E-state index contributed by atoms with van der Waals surface area (Å²) in [6.45, 7) is 3.86.